The highest BCUT2D eigenvalue weighted by molar-refractivity contribution is 7.89. The maximum absolute atomic E-state index is 13.2. The maximum Gasteiger partial charge on any atom is 0.573 e. The Labute approximate surface area is 212 Å². The van der Waals surface area contributed by atoms with Gasteiger partial charge in [0.1, 0.15) is 11.4 Å². The van der Waals surface area contributed by atoms with Crippen LogP contribution in [0.15, 0.2) is 58.5 Å². The van der Waals surface area contributed by atoms with E-state index < -0.39 is 27.8 Å². The summed E-state index contributed by atoms with van der Waals surface area (Å²) in [7, 11) is -4.00. The summed E-state index contributed by atoms with van der Waals surface area (Å²) < 4.78 is 70.6. The standard InChI is InChI=1S/C22H20F3N7O5S/c1-14-17(13-26-32(14)20-27-18-3-2-8-31(18)21(34)28-20)19(33)29-9-11-30(12-10-29)38(35,36)16-6-4-15(5-7-16)37-22(23,24)25/h2-8,13H,9-12H2,1H3,(H,27,28,34). The van der Waals surface area contributed by atoms with Gasteiger partial charge in [0.05, 0.1) is 22.3 Å². The van der Waals surface area contributed by atoms with Crippen LogP contribution in [0.2, 0.25) is 0 Å². The summed E-state index contributed by atoms with van der Waals surface area (Å²) in [4.78, 5) is 33.7. The molecule has 4 heterocycles. The first-order valence-corrected chi connectivity index (χ1v) is 12.7. The first-order chi connectivity index (χ1) is 17.9. The van der Waals surface area contributed by atoms with Gasteiger partial charge in [-0.3, -0.25) is 14.2 Å². The predicted molar refractivity (Wildman–Crippen MR) is 125 cm³/mol. The van der Waals surface area contributed by atoms with Crippen LogP contribution in [0.1, 0.15) is 16.1 Å². The van der Waals surface area contributed by atoms with E-state index in [0.29, 0.717) is 11.3 Å². The number of hydrogen-bond acceptors (Lipinski definition) is 7. The van der Waals surface area contributed by atoms with Crippen molar-refractivity contribution in [3.05, 3.63) is 70.5 Å². The molecule has 1 aliphatic rings. The van der Waals surface area contributed by atoms with Gasteiger partial charge >= 0.3 is 12.1 Å². The Morgan fingerprint density at radius 1 is 1.08 bits per heavy atom. The van der Waals surface area contributed by atoms with E-state index in [1.165, 1.54) is 20.2 Å². The van der Waals surface area contributed by atoms with Crippen LogP contribution >= 0.6 is 0 Å². The second kappa shape index (κ2) is 9.29. The number of hydrogen-bond donors (Lipinski definition) is 1. The second-order valence-corrected chi connectivity index (χ2v) is 10.3. The SMILES string of the molecule is Cc1c(C(=O)N2CCN(S(=O)(=O)c3ccc(OC(F)(F)F)cc3)CC2)cnn1-c1nc2cccn2c(=O)[nH]1. The fourth-order valence-electron chi connectivity index (χ4n) is 4.12. The summed E-state index contributed by atoms with van der Waals surface area (Å²) in [5.74, 6) is -0.763. The van der Waals surface area contributed by atoms with Crippen molar-refractivity contribution in [1.82, 2.24) is 33.4 Å². The van der Waals surface area contributed by atoms with Crippen LogP contribution in [-0.4, -0.2) is 80.2 Å². The van der Waals surface area contributed by atoms with E-state index in [0.717, 1.165) is 28.6 Å². The molecule has 16 heteroatoms. The van der Waals surface area contributed by atoms with E-state index in [2.05, 4.69) is 19.8 Å². The lowest BCUT2D eigenvalue weighted by Crippen LogP contribution is -2.50. The van der Waals surface area contributed by atoms with Crippen molar-refractivity contribution in [1.29, 1.82) is 0 Å². The first-order valence-electron chi connectivity index (χ1n) is 11.2. The molecule has 0 bridgehead atoms. The molecular weight excluding hydrogens is 531 g/mol. The largest absolute Gasteiger partial charge is 0.573 e. The molecule has 12 nitrogen and oxygen atoms in total. The Morgan fingerprint density at radius 3 is 2.42 bits per heavy atom. The monoisotopic (exact) mass is 551 g/mol. The third-order valence-corrected chi connectivity index (χ3v) is 7.96. The van der Waals surface area contributed by atoms with Gasteiger partial charge in [-0.15, -0.1) is 13.2 Å². The van der Waals surface area contributed by atoms with Crippen LogP contribution < -0.4 is 10.4 Å². The molecule has 1 amide bonds. The van der Waals surface area contributed by atoms with Crippen molar-refractivity contribution < 1.29 is 31.1 Å². The minimum Gasteiger partial charge on any atom is -0.406 e. The van der Waals surface area contributed by atoms with Gasteiger partial charge in [-0.2, -0.15) is 14.4 Å². The number of halogens is 3. The van der Waals surface area contributed by atoms with E-state index >= 15 is 0 Å². The summed E-state index contributed by atoms with van der Waals surface area (Å²) in [5.41, 5.74) is 0.689. The number of alkyl halides is 3. The Morgan fingerprint density at radius 2 is 1.76 bits per heavy atom. The summed E-state index contributed by atoms with van der Waals surface area (Å²) in [5, 5.41) is 4.20. The fraction of sp³-hybridized carbons (Fsp3) is 0.273. The molecule has 0 radical (unpaired) electrons. The molecule has 1 fully saturated rings. The summed E-state index contributed by atoms with van der Waals surface area (Å²) >= 11 is 0. The Kier molecular flexibility index (Phi) is 6.22. The molecule has 1 aliphatic heterocycles. The number of amides is 1. The Hall–Kier alpha value is -4.18. The molecule has 1 aromatic carbocycles. The lowest BCUT2D eigenvalue weighted by atomic mass is 10.2. The van der Waals surface area contributed by atoms with Crippen molar-refractivity contribution in [2.45, 2.75) is 18.2 Å². The van der Waals surface area contributed by atoms with E-state index in [-0.39, 0.29) is 48.5 Å². The zero-order chi connectivity index (χ0) is 27.2. The summed E-state index contributed by atoms with van der Waals surface area (Å²) in [6.07, 6.45) is -1.97. The average Bonchev–Trinajstić information content (AvgIpc) is 3.50. The first kappa shape index (κ1) is 25.5. The molecule has 0 aliphatic carbocycles. The van der Waals surface area contributed by atoms with Crippen molar-refractivity contribution >= 4 is 21.6 Å². The third-order valence-electron chi connectivity index (χ3n) is 6.05. The molecule has 0 unspecified atom stereocenters. The number of piperazine rings is 1. The minimum atomic E-state index is -4.89. The zero-order valence-corrected chi connectivity index (χ0v) is 20.5. The number of carbonyl (C=O) groups excluding carboxylic acids is 1. The number of carbonyl (C=O) groups is 1. The molecule has 0 atom stereocenters. The van der Waals surface area contributed by atoms with Crippen LogP contribution in [-0.2, 0) is 10.0 Å². The van der Waals surface area contributed by atoms with E-state index in [9.17, 15) is 31.2 Å². The summed E-state index contributed by atoms with van der Waals surface area (Å²) in [6, 6.07) is 7.25. The predicted octanol–water partition coefficient (Wildman–Crippen LogP) is 1.56. The molecule has 0 spiro atoms. The molecule has 1 saturated heterocycles. The number of sulfonamides is 1. The van der Waals surface area contributed by atoms with Gasteiger partial charge in [-0.25, -0.2) is 17.9 Å². The number of benzene rings is 1. The molecule has 4 aromatic rings. The van der Waals surface area contributed by atoms with Crippen LogP contribution in [0.3, 0.4) is 0 Å². The zero-order valence-electron chi connectivity index (χ0n) is 19.7. The number of aromatic amines is 1. The van der Waals surface area contributed by atoms with E-state index in [4.69, 9.17) is 0 Å². The molecule has 3 aromatic heterocycles. The third kappa shape index (κ3) is 4.74. The Bertz CT molecular complexity index is 1670. The molecule has 1 N–H and O–H groups in total. The van der Waals surface area contributed by atoms with Crippen molar-refractivity contribution in [3.63, 3.8) is 0 Å². The molecule has 5 rings (SSSR count). The highest BCUT2D eigenvalue weighted by atomic mass is 32.2. The number of rotatable bonds is 5. The lowest BCUT2D eigenvalue weighted by molar-refractivity contribution is -0.274. The van der Waals surface area contributed by atoms with Gasteiger partial charge in [0.2, 0.25) is 16.0 Å². The smallest absolute Gasteiger partial charge is 0.406 e. The topological polar surface area (TPSA) is 135 Å². The van der Waals surface area contributed by atoms with Crippen molar-refractivity contribution in [3.8, 4) is 11.7 Å². The number of nitrogens with one attached hydrogen (secondary N) is 1. The fourth-order valence-corrected chi connectivity index (χ4v) is 5.55. The quantitative estimate of drug-likeness (QED) is 0.398. The molecular formula is C22H20F3N7O5S. The van der Waals surface area contributed by atoms with E-state index in [1.54, 1.807) is 25.3 Å². The van der Waals surface area contributed by atoms with Gasteiger partial charge < -0.3 is 9.64 Å². The number of fused-ring (bicyclic) bond motifs is 1. The number of ether oxygens (including phenoxy) is 1. The van der Waals surface area contributed by atoms with E-state index in [1.807, 2.05) is 0 Å². The van der Waals surface area contributed by atoms with Gasteiger partial charge in [0.25, 0.3) is 5.91 Å². The number of aromatic nitrogens is 5. The normalized spacial score (nSPS) is 15.2. The van der Waals surface area contributed by atoms with Gasteiger partial charge in [0, 0.05) is 32.4 Å². The second-order valence-electron chi connectivity index (χ2n) is 8.37. The highest BCUT2D eigenvalue weighted by Gasteiger charge is 2.33. The van der Waals surface area contributed by atoms with Gasteiger partial charge in [0.15, 0.2) is 0 Å². The van der Waals surface area contributed by atoms with Crippen LogP contribution in [0, 0.1) is 6.92 Å². The average molecular weight is 552 g/mol. The molecule has 0 saturated carbocycles. The number of nitrogens with zero attached hydrogens (tertiary/aromatic N) is 6. The van der Waals surface area contributed by atoms with Crippen LogP contribution in [0.25, 0.3) is 11.6 Å². The maximum atomic E-state index is 13.2. The van der Waals surface area contributed by atoms with Crippen LogP contribution in [0.4, 0.5) is 13.2 Å². The highest BCUT2D eigenvalue weighted by Crippen LogP contribution is 2.26. The van der Waals surface area contributed by atoms with Crippen molar-refractivity contribution in [2.75, 3.05) is 26.2 Å². The minimum absolute atomic E-state index is 0.0121. The van der Waals surface area contributed by atoms with Gasteiger partial charge in [-0.05, 0) is 43.3 Å². The lowest BCUT2D eigenvalue weighted by Gasteiger charge is -2.34. The molecule has 38 heavy (non-hydrogen) atoms. The number of H-pyrrole nitrogens is 1. The van der Waals surface area contributed by atoms with Crippen molar-refractivity contribution in [2.24, 2.45) is 0 Å². The molecule has 200 valence electrons. The Balaban J connectivity index is 1.28. The summed E-state index contributed by atoms with van der Waals surface area (Å²) in [6.45, 7) is 1.80. The van der Waals surface area contributed by atoms with Crippen LogP contribution in [0.5, 0.6) is 5.75 Å². The van der Waals surface area contributed by atoms with Gasteiger partial charge in [-0.1, -0.05) is 0 Å².